The number of amides is 1. The van der Waals surface area contributed by atoms with Crippen LogP contribution in [0.25, 0.3) is 0 Å². The molecule has 110 valence electrons. The van der Waals surface area contributed by atoms with Gasteiger partial charge in [-0.2, -0.15) is 0 Å². The van der Waals surface area contributed by atoms with E-state index in [2.05, 4.69) is 10.1 Å². The summed E-state index contributed by atoms with van der Waals surface area (Å²) in [6.07, 6.45) is 0.0832. The maximum atomic E-state index is 12.0. The van der Waals surface area contributed by atoms with E-state index in [-0.39, 0.29) is 34.0 Å². The largest absolute Gasteiger partial charge is 0.494 e. The second-order valence-corrected chi connectivity index (χ2v) is 4.94. The third-order valence-corrected chi connectivity index (χ3v) is 3.10. The van der Waals surface area contributed by atoms with Gasteiger partial charge in [-0.1, -0.05) is 23.2 Å². The van der Waals surface area contributed by atoms with Crippen LogP contribution in [0.4, 0.5) is 0 Å². The Kier molecular flexibility index (Phi) is 6.10. The van der Waals surface area contributed by atoms with Crippen LogP contribution in [0.1, 0.15) is 23.7 Å². The van der Waals surface area contributed by atoms with Crippen LogP contribution in [0.5, 0.6) is 5.75 Å². The highest BCUT2D eigenvalue weighted by Gasteiger charge is 2.16. The first-order valence-electron chi connectivity index (χ1n) is 5.79. The second-order valence-electron chi connectivity index (χ2n) is 4.13. The lowest BCUT2D eigenvalue weighted by atomic mass is 10.1. The number of nitrogens with one attached hydrogen (secondary N) is 1. The number of ether oxygens (including phenoxy) is 2. The van der Waals surface area contributed by atoms with E-state index < -0.39 is 5.97 Å². The highest BCUT2D eigenvalue weighted by molar-refractivity contribution is 6.37. The average Bonchev–Trinajstić information content (AvgIpc) is 2.37. The fourth-order valence-corrected chi connectivity index (χ4v) is 2.22. The lowest BCUT2D eigenvalue weighted by molar-refractivity contribution is -0.141. The topological polar surface area (TPSA) is 64.6 Å². The summed E-state index contributed by atoms with van der Waals surface area (Å²) in [6.45, 7) is 1.70. The molecule has 0 aliphatic rings. The van der Waals surface area contributed by atoms with Gasteiger partial charge in [0.2, 0.25) is 0 Å². The molecule has 7 heteroatoms. The van der Waals surface area contributed by atoms with Crippen molar-refractivity contribution in [3.05, 3.63) is 27.7 Å². The molecule has 0 fully saturated rings. The number of esters is 1. The van der Waals surface area contributed by atoms with E-state index in [1.54, 1.807) is 6.92 Å². The van der Waals surface area contributed by atoms with E-state index in [1.807, 2.05) is 0 Å². The molecule has 0 aliphatic heterocycles. The Hall–Kier alpha value is -1.46. The number of carbonyl (C=O) groups excluding carboxylic acids is 2. The summed E-state index contributed by atoms with van der Waals surface area (Å²) in [7, 11) is 2.73. The zero-order valence-electron chi connectivity index (χ0n) is 11.3. The SMILES string of the molecule is COC(=O)CC(C)NC(=O)c1cc(Cl)c(OC)c(Cl)c1. The number of carbonyl (C=O) groups is 2. The van der Waals surface area contributed by atoms with Crippen molar-refractivity contribution >= 4 is 35.1 Å². The van der Waals surface area contributed by atoms with E-state index in [4.69, 9.17) is 27.9 Å². The van der Waals surface area contributed by atoms with Crippen LogP contribution in [-0.2, 0) is 9.53 Å². The molecule has 0 radical (unpaired) electrons. The van der Waals surface area contributed by atoms with Gasteiger partial charge in [0.25, 0.3) is 5.91 Å². The van der Waals surface area contributed by atoms with Gasteiger partial charge in [-0.25, -0.2) is 0 Å². The Balaban J connectivity index is 2.80. The highest BCUT2D eigenvalue weighted by atomic mass is 35.5. The third kappa shape index (κ3) is 4.28. The van der Waals surface area contributed by atoms with Crippen molar-refractivity contribution in [1.82, 2.24) is 5.32 Å². The van der Waals surface area contributed by atoms with Gasteiger partial charge in [0.1, 0.15) is 0 Å². The fraction of sp³-hybridized carbons (Fsp3) is 0.385. The van der Waals surface area contributed by atoms with Gasteiger partial charge in [0.05, 0.1) is 30.7 Å². The zero-order valence-corrected chi connectivity index (χ0v) is 12.8. The van der Waals surface area contributed by atoms with Crippen LogP contribution in [-0.4, -0.2) is 32.1 Å². The molecule has 1 rings (SSSR count). The summed E-state index contributed by atoms with van der Waals surface area (Å²) in [4.78, 5) is 23.1. The quantitative estimate of drug-likeness (QED) is 0.847. The number of hydrogen-bond acceptors (Lipinski definition) is 4. The normalized spacial score (nSPS) is 11.7. The van der Waals surface area contributed by atoms with Crippen molar-refractivity contribution in [3.63, 3.8) is 0 Å². The highest BCUT2D eigenvalue weighted by Crippen LogP contribution is 2.33. The van der Waals surface area contributed by atoms with Gasteiger partial charge < -0.3 is 14.8 Å². The Labute approximate surface area is 127 Å². The number of benzene rings is 1. The lowest BCUT2D eigenvalue weighted by Crippen LogP contribution is -2.34. The lowest BCUT2D eigenvalue weighted by Gasteiger charge is -2.14. The summed E-state index contributed by atoms with van der Waals surface area (Å²) in [6, 6.07) is 2.54. The molecule has 0 heterocycles. The fourth-order valence-electron chi connectivity index (χ4n) is 1.58. The molecule has 0 aliphatic carbocycles. The summed E-state index contributed by atoms with van der Waals surface area (Å²) < 4.78 is 9.53. The third-order valence-electron chi connectivity index (χ3n) is 2.54. The van der Waals surface area contributed by atoms with E-state index in [0.29, 0.717) is 5.75 Å². The van der Waals surface area contributed by atoms with Crippen molar-refractivity contribution in [1.29, 1.82) is 0 Å². The van der Waals surface area contributed by atoms with Gasteiger partial charge >= 0.3 is 5.97 Å². The van der Waals surface area contributed by atoms with Gasteiger partial charge in [-0.15, -0.1) is 0 Å². The molecule has 0 spiro atoms. The van der Waals surface area contributed by atoms with E-state index in [9.17, 15) is 9.59 Å². The number of hydrogen-bond donors (Lipinski definition) is 1. The van der Waals surface area contributed by atoms with Crippen molar-refractivity contribution in [2.45, 2.75) is 19.4 Å². The molecule has 1 amide bonds. The molecule has 1 aromatic rings. The minimum absolute atomic E-state index is 0.0832. The Morgan fingerprint density at radius 3 is 2.25 bits per heavy atom. The van der Waals surface area contributed by atoms with E-state index in [1.165, 1.54) is 26.4 Å². The molecule has 0 saturated carbocycles. The Bertz CT molecular complexity index is 496. The van der Waals surface area contributed by atoms with E-state index in [0.717, 1.165) is 0 Å². The van der Waals surface area contributed by atoms with Gasteiger partial charge in [-0.05, 0) is 19.1 Å². The Morgan fingerprint density at radius 1 is 1.25 bits per heavy atom. The maximum Gasteiger partial charge on any atom is 0.307 e. The molecule has 1 aromatic carbocycles. The second kappa shape index (κ2) is 7.36. The van der Waals surface area contributed by atoms with Crippen LogP contribution in [0.3, 0.4) is 0 Å². The summed E-state index contributed by atoms with van der Waals surface area (Å²) in [5, 5.41) is 3.14. The standard InChI is InChI=1S/C13H15Cl2NO4/c1-7(4-11(17)19-2)16-13(18)8-5-9(14)12(20-3)10(15)6-8/h5-7H,4H2,1-3H3,(H,16,18). The van der Waals surface area contributed by atoms with Crippen molar-refractivity contribution < 1.29 is 19.1 Å². The first-order chi connectivity index (χ1) is 9.38. The van der Waals surface area contributed by atoms with E-state index >= 15 is 0 Å². The predicted octanol–water partition coefficient (Wildman–Crippen LogP) is 2.68. The number of halogens is 2. The summed E-state index contributed by atoms with van der Waals surface area (Å²) in [5.41, 5.74) is 0.289. The van der Waals surface area contributed by atoms with Crippen molar-refractivity contribution in [2.24, 2.45) is 0 Å². The van der Waals surface area contributed by atoms with Crippen LogP contribution in [0.15, 0.2) is 12.1 Å². The zero-order chi connectivity index (χ0) is 15.3. The van der Waals surface area contributed by atoms with Crippen LogP contribution in [0.2, 0.25) is 10.0 Å². The molecule has 0 aromatic heterocycles. The molecule has 20 heavy (non-hydrogen) atoms. The minimum Gasteiger partial charge on any atom is -0.494 e. The van der Waals surface area contributed by atoms with Crippen LogP contribution >= 0.6 is 23.2 Å². The maximum absolute atomic E-state index is 12.0. The van der Waals surface area contributed by atoms with Crippen LogP contribution < -0.4 is 10.1 Å². The van der Waals surface area contributed by atoms with Crippen molar-refractivity contribution in [3.8, 4) is 5.75 Å². The molecular weight excluding hydrogens is 305 g/mol. The first kappa shape index (κ1) is 16.6. The minimum atomic E-state index is -0.399. The number of methoxy groups -OCH3 is 2. The molecule has 5 nitrogen and oxygen atoms in total. The summed E-state index contributed by atoms with van der Waals surface area (Å²) >= 11 is 11.9. The van der Waals surface area contributed by atoms with Gasteiger partial charge in [0.15, 0.2) is 5.75 Å². The predicted molar refractivity (Wildman–Crippen MR) is 76.6 cm³/mol. The summed E-state index contributed by atoms with van der Waals surface area (Å²) in [5.74, 6) is -0.469. The van der Waals surface area contributed by atoms with Gasteiger partial charge in [-0.3, -0.25) is 9.59 Å². The number of rotatable bonds is 5. The smallest absolute Gasteiger partial charge is 0.307 e. The molecular formula is C13H15Cl2NO4. The monoisotopic (exact) mass is 319 g/mol. The van der Waals surface area contributed by atoms with Crippen molar-refractivity contribution in [2.75, 3.05) is 14.2 Å². The average molecular weight is 320 g/mol. The molecule has 0 saturated heterocycles. The van der Waals surface area contributed by atoms with Crippen LogP contribution in [0, 0.1) is 0 Å². The molecule has 0 bridgehead atoms. The first-order valence-corrected chi connectivity index (χ1v) is 6.55. The Morgan fingerprint density at radius 2 is 1.80 bits per heavy atom. The van der Waals surface area contributed by atoms with Gasteiger partial charge in [0, 0.05) is 11.6 Å². The molecule has 1 N–H and O–H groups in total. The molecule has 1 atom stereocenters. The molecule has 1 unspecified atom stereocenters.